The molecule has 2 rings (SSSR count). The van der Waals surface area contributed by atoms with Crippen molar-refractivity contribution in [1.82, 2.24) is 0 Å². The first-order chi connectivity index (χ1) is 9.26. The predicted molar refractivity (Wildman–Crippen MR) is 78.4 cm³/mol. The molecule has 0 fully saturated rings. The molecule has 19 heavy (non-hydrogen) atoms. The summed E-state index contributed by atoms with van der Waals surface area (Å²) in [5.41, 5.74) is 3.04. The minimum Gasteiger partial charge on any atom is -0.422 e. The summed E-state index contributed by atoms with van der Waals surface area (Å²) in [7, 11) is 0. The third-order valence-electron chi connectivity index (χ3n) is 3.35. The minimum absolute atomic E-state index is 0.248. The van der Waals surface area contributed by atoms with Crippen LogP contribution in [0.25, 0.3) is 11.3 Å². The van der Waals surface area contributed by atoms with Gasteiger partial charge < -0.3 is 4.42 Å². The van der Waals surface area contributed by atoms with E-state index in [1.807, 2.05) is 30.3 Å². The molecule has 1 heterocycles. The lowest BCUT2D eigenvalue weighted by Gasteiger charge is -2.11. The Balaban J connectivity index is 2.54. The molecule has 2 aromatic rings. The van der Waals surface area contributed by atoms with Gasteiger partial charge in [-0.25, -0.2) is 4.79 Å². The summed E-state index contributed by atoms with van der Waals surface area (Å²) in [4.78, 5) is 11.7. The zero-order valence-electron chi connectivity index (χ0n) is 11.6. The maximum absolute atomic E-state index is 11.7. The number of hydrogen-bond acceptors (Lipinski definition) is 2. The van der Waals surface area contributed by atoms with Crippen LogP contribution < -0.4 is 5.63 Å². The molecule has 0 saturated carbocycles. The number of unbranched alkanes of at least 4 members (excludes halogenated alkanes) is 1. The van der Waals surface area contributed by atoms with Crippen LogP contribution in [0.3, 0.4) is 0 Å². The molecule has 0 radical (unpaired) electrons. The van der Waals surface area contributed by atoms with Gasteiger partial charge in [0.05, 0.1) is 0 Å². The number of rotatable bonds is 5. The number of hydrogen-bond donors (Lipinski definition) is 0. The van der Waals surface area contributed by atoms with Crippen LogP contribution in [0.2, 0.25) is 0 Å². The molecule has 2 nitrogen and oxygen atoms in total. The van der Waals surface area contributed by atoms with Gasteiger partial charge in [-0.15, -0.1) is 0 Å². The fourth-order valence-electron chi connectivity index (χ4n) is 2.37. The SMILES string of the molecule is CCCCc1cc(=O)oc(-c2ccccc2)c1CC. The highest BCUT2D eigenvalue weighted by Crippen LogP contribution is 2.26. The van der Waals surface area contributed by atoms with Gasteiger partial charge in [-0.2, -0.15) is 0 Å². The van der Waals surface area contributed by atoms with E-state index in [0.29, 0.717) is 0 Å². The minimum atomic E-state index is -0.248. The van der Waals surface area contributed by atoms with Crippen LogP contribution in [0.15, 0.2) is 45.6 Å². The molecule has 2 heteroatoms. The summed E-state index contributed by atoms with van der Waals surface area (Å²) in [6.07, 6.45) is 4.06. The van der Waals surface area contributed by atoms with Gasteiger partial charge >= 0.3 is 5.63 Å². The van der Waals surface area contributed by atoms with E-state index < -0.39 is 0 Å². The van der Waals surface area contributed by atoms with Crippen molar-refractivity contribution in [2.75, 3.05) is 0 Å². The average molecular weight is 256 g/mol. The summed E-state index contributed by atoms with van der Waals surface area (Å²) >= 11 is 0. The summed E-state index contributed by atoms with van der Waals surface area (Å²) in [6.45, 7) is 4.27. The summed E-state index contributed by atoms with van der Waals surface area (Å²) < 4.78 is 5.45. The van der Waals surface area contributed by atoms with Gasteiger partial charge in [-0.3, -0.25) is 0 Å². The molecule has 0 amide bonds. The quantitative estimate of drug-likeness (QED) is 0.802. The first-order valence-corrected chi connectivity index (χ1v) is 6.97. The standard InChI is InChI=1S/C17H20O2/c1-3-5-9-14-12-16(18)19-17(15(14)4-2)13-10-7-6-8-11-13/h6-8,10-12H,3-5,9H2,1-2H3. The first kappa shape index (κ1) is 13.6. The van der Waals surface area contributed by atoms with Crippen molar-refractivity contribution in [3.05, 3.63) is 57.9 Å². The first-order valence-electron chi connectivity index (χ1n) is 6.97. The van der Waals surface area contributed by atoms with E-state index in [0.717, 1.165) is 42.6 Å². The molecule has 0 N–H and O–H groups in total. The van der Waals surface area contributed by atoms with Crippen LogP contribution in [0, 0.1) is 0 Å². The second-order valence-corrected chi connectivity index (χ2v) is 4.72. The van der Waals surface area contributed by atoms with Gasteiger partial charge in [-0.1, -0.05) is 50.6 Å². The van der Waals surface area contributed by atoms with E-state index >= 15 is 0 Å². The highest BCUT2D eigenvalue weighted by Gasteiger charge is 2.12. The van der Waals surface area contributed by atoms with E-state index in [9.17, 15) is 4.79 Å². The highest BCUT2D eigenvalue weighted by atomic mass is 16.4. The Labute approximate surface area is 114 Å². The summed E-state index contributed by atoms with van der Waals surface area (Å²) in [5.74, 6) is 0.738. The molecule has 0 unspecified atom stereocenters. The Morgan fingerprint density at radius 1 is 1.11 bits per heavy atom. The summed E-state index contributed by atoms with van der Waals surface area (Å²) in [5, 5.41) is 0. The van der Waals surface area contributed by atoms with Crippen LogP contribution in [-0.2, 0) is 12.8 Å². The van der Waals surface area contributed by atoms with E-state index in [4.69, 9.17) is 4.42 Å². The van der Waals surface area contributed by atoms with Gasteiger partial charge in [0.2, 0.25) is 0 Å². The molecular weight excluding hydrogens is 236 g/mol. The third kappa shape index (κ3) is 3.14. The Kier molecular flexibility index (Phi) is 4.56. The van der Waals surface area contributed by atoms with Crippen LogP contribution >= 0.6 is 0 Å². The highest BCUT2D eigenvalue weighted by molar-refractivity contribution is 5.62. The molecule has 1 aromatic carbocycles. The Morgan fingerprint density at radius 3 is 2.47 bits per heavy atom. The molecule has 0 aliphatic heterocycles. The predicted octanol–water partition coefficient (Wildman–Crippen LogP) is 4.21. The van der Waals surface area contributed by atoms with Gasteiger partial charge in [0.1, 0.15) is 5.76 Å². The molecular formula is C17H20O2. The topological polar surface area (TPSA) is 30.2 Å². The molecule has 0 saturated heterocycles. The van der Waals surface area contributed by atoms with Gasteiger partial charge in [0, 0.05) is 11.6 Å². The van der Waals surface area contributed by atoms with Crippen LogP contribution in [0.1, 0.15) is 37.8 Å². The third-order valence-corrected chi connectivity index (χ3v) is 3.35. The van der Waals surface area contributed by atoms with Crippen molar-refractivity contribution in [2.24, 2.45) is 0 Å². The fourth-order valence-corrected chi connectivity index (χ4v) is 2.37. The molecule has 0 bridgehead atoms. The fraction of sp³-hybridized carbons (Fsp3) is 0.353. The van der Waals surface area contributed by atoms with E-state index in [-0.39, 0.29) is 5.63 Å². The Hall–Kier alpha value is -1.83. The zero-order valence-corrected chi connectivity index (χ0v) is 11.6. The molecule has 0 aliphatic rings. The molecule has 100 valence electrons. The maximum atomic E-state index is 11.7. The van der Waals surface area contributed by atoms with Crippen LogP contribution in [0.5, 0.6) is 0 Å². The Morgan fingerprint density at radius 2 is 1.84 bits per heavy atom. The van der Waals surface area contributed by atoms with Crippen molar-refractivity contribution in [3.8, 4) is 11.3 Å². The van der Waals surface area contributed by atoms with Crippen molar-refractivity contribution < 1.29 is 4.42 Å². The van der Waals surface area contributed by atoms with Crippen LogP contribution in [-0.4, -0.2) is 0 Å². The normalized spacial score (nSPS) is 10.6. The van der Waals surface area contributed by atoms with Crippen molar-refractivity contribution in [3.63, 3.8) is 0 Å². The van der Waals surface area contributed by atoms with Gasteiger partial charge in [-0.05, 0) is 30.4 Å². The zero-order chi connectivity index (χ0) is 13.7. The van der Waals surface area contributed by atoms with Crippen molar-refractivity contribution in [2.45, 2.75) is 39.5 Å². The number of aryl methyl sites for hydroxylation is 1. The second kappa shape index (κ2) is 6.37. The van der Waals surface area contributed by atoms with Crippen molar-refractivity contribution in [1.29, 1.82) is 0 Å². The lowest BCUT2D eigenvalue weighted by molar-refractivity contribution is 0.516. The molecule has 0 atom stereocenters. The Bertz CT molecular complexity index is 582. The maximum Gasteiger partial charge on any atom is 0.336 e. The molecule has 1 aromatic heterocycles. The van der Waals surface area contributed by atoms with Crippen molar-refractivity contribution >= 4 is 0 Å². The van der Waals surface area contributed by atoms with E-state index in [1.165, 1.54) is 5.56 Å². The lowest BCUT2D eigenvalue weighted by atomic mass is 9.97. The van der Waals surface area contributed by atoms with E-state index in [1.54, 1.807) is 6.07 Å². The number of benzene rings is 1. The lowest BCUT2D eigenvalue weighted by Crippen LogP contribution is -2.06. The molecule has 0 aliphatic carbocycles. The monoisotopic (exact) mass is 256 g/mol. The smallest absolute Gasteiger partial charge is 0.336 e. The van der Waals surface area contributed by atoms with Gasteiger partial charge in [0.15, 0.2) is 0 Å². The average Bonchev–Trinajstić information content (AvgIpc) is 2.45. The van der Waals surface area contributed by atoms with Crippen LogP contribution in [0.4, 0.5) is 0 Å². The largest absolute Gasteiger partial charge is 0.422 e. The molecule has 0 spiro atoms. The van der Waals surface area contributed by atoms with Gasteiger partial charge in [0.25, 0.3) is 0 Å². The second-order valence-electron chi connectivity index (χ2n) is 4.72. The van der Waals surface area contributed by atoms with E-state index in [2.05, 4.69) is 13.8 Å². The summed E-state index contributed by atoms with van der Waals surface area (Å²) in [6, 6.07) is 11.5.